The molecule has 0 saturated carbocycles. The van der Waals surface area contributed by atoms with Crippen LogP contribution in [-0.2, 0) is 4.79 Å². The number of anilines is 1. The zero-order valence-corrected chi connectivity index (χ0v) is 11.4. The monoisotopic (exact) mass is 279 g/mol. The standard InChI is InChI=1S/C12H13N3O3S/c1-8(2)5-12(16)14-9-3-4-11(19-7-13)10(6-9)15(17)18/h3-4,6,8H,5H2,1-2H3,(H,14,16). The van der Waals surface area contributed by atoms with Crippen molar-refractivity contribution in [2.24, 2.45) is 5.92 Å². The van der Waals surface area contributed by atoms with Crippen LogP contribution in [0.15, 0.2) is 23.1 Å². The number of carbonyl (C=O) groups is 1. The Morgan fingerprint density at radius 1 is 1.58 bits per heavy atom. The van der Waals surface area contributed by atoms with E-state index >= 15 is 0 Å². The molecule has 0 heterocycles. The van der Waals surface area contributed by atoms with E-state index in [1.54, 1.807) is 11.5 Å². The Labute approximate surface area is 115 Å². The summed E-state index contributed by atoms with van der Waals surface area (Å²) in [6.07, 6.45) is 0.350. The van der Waals surface area contributed by atoms with Gasteiger partial charge in [0.2, 0.25) is 5.91 Å². The normalized spacial score (nSPS) is 10.0. The molecule has 0 bridgehead atoms. The van der Waals surface area contributed by atoms with Gasteiger partial charge in [-0.3, -0.25) is 14.9 Å². The number of hydrogen-bond donors (Lipinski definition) is 1. The molecule has 1 aromatic rings. The van der Waals surface area contributed by atoms with Crippen molar-refractivity contribution in [3.63, 3.8) is 0 Å². The summed E-state index contributed by atoms with van der Waals surface area (Å²) < 4.78 is 0. The zero-order chi connectivity index (χ0) is 14.4. The van der Waals surface area contributed by atoms with Crippen LogP contribution in [0.5, 0.6) is 0 Å². The number of thiocyanates is 1. The van der Waals surface area contributed by atoms with Crippen molar-refractivity contribution < 1.29 is 9.72 Å². The first-order chi connectivity index (χ1) is 8.93. The predicted molar refractivity (Wildman–Crippen MR) is 72.7 cm³/mol. The number of amides is 1. The number of hydrogen-bond acceptors (Lipinski definition) is 5. The Morgan fingerprint density at radius 2 is 2.26 bits per heavy atom. The van der Waals surface area contributed by atoms with Crippen molar-refractivity contribution in [3.05, 3.63) is 28.3 Å². The Hall–Kier alpha value is -2.07. The van der Waals surface area contributed by atoms with Gasteiger partial charge < -0.3 is 5.32 Å². The molecule has 0 saturated heterocycles. The Kier molecular flexibility index (Phi) is 5.33. The van der Waals surface area contributed by atoms with Gasteiger partial charge in [0.1, 0.15) is 10.3 Å². The lowest BCUT2D eigenvalue weighted by Crippen LogP contribution is -2.13. The van der Waals surface area contributed by atoms with E-state index in [4.69, 9.17) is 5.26 Å². The first-order valence-electron chi connectivity index (χ1n) is 5.58. The third kappa shape index (κ3) is 4.60. The minimum absolute atomic E-state index is 0.186. The van der Waals surface area contributed by atoms with Gasteiger partial charge in [-0.05, 0) is 29.8 Å². The third-order valence-corrected chi connectivity index (χ3v) is 2.85. The summed E-state index contributed by atoms with van der Waals surface area (Å²) in [4.78, 5) is 22.1. The second kappa shape index (κ2) is 6.75. The average molecular weight is 279 g/mol. The molecule has 100 valence electrons. The Morgan fingerprint density at radius 3 is 2.79 bits per heavy atom. The molecule has 0 unspecified atom stereocenters. The summed E-state index contributed by atoms with van der Waals surface area (Å²) in [7, 11) is 0. The zero-order valence-electron chi connectivity index (χ0n) is 10.5. The predicted octanol–water partition coefficient (Wildman–Crippen LogP) is 3.15. The van der Waals surface area contributed by atoms with Gasteiger partial charge in [-0.1, -0.05) is 13.8 Å². The van der Waals surface area contributed by atoms with Gasteiger partial charge in [-0.2, -0.15) is 5.26 Å². The van der Waals surface area contributed by atoms with Gasteiger partial charge in [0, 0.05) is 18.2 Å². The van der Waals surface area contributed by atoms with E-state index in [1.807, 2.05) is 13.8 Å². The molecule has 7 heteroatoms. The fraction of sp³-hybridized carbons (Fsp3) is 0.333. The summed E-state index contributed by atoms with van der Waals surface area (Å²) in [5.41, 5.74) is 0.175. The number of rotatable bonds is 5. The molecule has 1 amide bonds. The van der Waals surface area contributed by atoms with E-state index < -0.39 is 4.92 Å². The van der Waals surface area contributed by atoms with Crippen molar-refractivity contribution in [2.75, 3.05) is 5.32 Å². The van der Waals surface area contributed by atoms with E-state index in [0.717, 1.165) is 11.8 Å². The second-order valence-electron chi connectivity index (χ2n) is 4.28. The molecule has 6 nitrogen and oxygen atoms in total. The molecule has 0 aliphatic rings. The minimum Gasteiger partial charge on any atom is -0.326 e. The lowest BCUT2D eigenvalue weighted by Gasteiger charge is -2.07. The van der Waals surface area contributed by atoms with Crippen molar-refractivity contribution in [3.8, 4) is 5.40 Å². The van der Waals surface area contributed by atoms with E-state index in [-0.39, 0.29) is 22.4 Å². The van der Waals surface area contributed by atoms with Crippen molar-refractivity contribution >= 4 is 29.0 Å². The highest BCUT2D eigenvalue weighted by molar-refractivity contribution is 8.03. The molecule has 1 rings (SSSR count). The molecule has 0 radical (unpaired) electrons. The van der Waals surface area contributed by atoms with Crippen LogP contribution in [0.2, 0.25) is 0 Å². The van der Waals surface area contributed by atoms with Gasteiger partial charge in [-0.15, -0.1) is 0 Å². The van der Waals surface area contributed by atoms with Crippen LogP contribution in [0.1, 0.15) is 20.3 Å². The van der Waals surface area contributed by atoms with Crippen LogP contribution in [0.4, 0.5) is 11.4 Å². The molecule has 0 aromatic heterocycles. The first kappa shape index (κ1) is 15.0. The van der Waals surface area contributed by atoms with Gasteiger partial charge in [0.25, 0.3) is 5.69 Å². The Balaban J connectivity index is 2.93. The van der Waals surface area contributed by atoms with Crippen molar-refractivity contribution in [1.29, 1.82) is 5.26 Å². The number of nitrogens with zero attached hydrogens (tertiary/aromatic N) is 2. The number of nitro groups is 1. The van der Waals surface area contributed by atoms with E-state index in [2.05, 4.69) is 5.32 Å². The van der Waals surface area contributed by atoms with E-state index in [9.17, 15) is 14.9 Å². The maximum atomic E-state index is 11.6. The molecule has 0 atom stereocenters. The van der Waals surface area contributed by atoms with E-state index in [0.29, 0.717) is 12.1 Å². The molecule has 19 heavy (non-hydrogen) atoms. The van der Waals surface area contributed by atoms with Crippen molar-refractivity contribution in [2.45, 2.75) is 25.2 Å². The number of carbonyl (C=O) groups excluding carboxylic acids is 1. The molecular formula is C12H13N3O3S. The fourth-order valence-corrected chi connectivity index (χ4v) is 1.93. The second-order valence-corrected chi connectivity index (χ2v) is 5.11. The van der Waals surface area contributed by atoms with E-state index in [1.165, 1.54) is 12.1 Å². The summed E-state index contributed by atoms with van der Waals surface area (Å²) in [5.74, 6) is 0.0217. The lowest BCUT2D eigenvalue weighted by atomic mass is 10.1. The molecule has 1 aromatic carbocycles. The SMILES string of the molecule is CC(C)CC(=O)Nc1ccc(SC#N)c([N+](=O)[O-])c1. The minimum atomic E-state index is -0.572. The molecule has 0 aliphatic carbocycles. The van der Waals surface area contributed by atoms with Crippen LogP contribution in [-0.4, -0.2) is 10.8 Å². The molecule has 1 N–H and O–H groups in total. The van der Waals surface area contributed by atoms with Crippen LogP contribution in [0, 0.1) is 26.7 Å². The smallest absolute Gasteiger partial charge is 0.286 e. The molecule has 0 aliphatic heterocycles. The largest absolute Gasteiger partial charge is 0.326 e. The Bertz CT molecular complexity index is 538. The topological polar surface area (TPSA) is 96.0 Å². The van der Waals surface area contributed by atoms with Crippen LogP contribution < -0.4 is 5.32 Å². The van der Waals surface area contributed by atoms with Crippen molar-refractivity contribution in [1.82, 2.24) is 0 Å². The number of nitro benzene ring substituents is 1. The number of nitrogens with one attached hydrogen (secondary N) is 1. The summed E-state index contributed by atoms with van der Waals surface area (Å²) in [5, 5.41) is 23.8. The number of nitriles is 1. The average Bonchev–Trinajstić information content (AvgIpc) is 2.30. The quantitative estimate of drug-likeness (QED) is 0.386. The van der Waals surface area contributed by atoms with Gasteiger partial charge in [-0.25, -0.2) is 0 Å². The van der Waals surface area contributed by atoms with Crippen LogP contribution in [0.3, 0.4) is 0 Å². The first-order valence-corrected chi connectivity index (χ1v) is 6.40. The summed E-state index contributed by atoms with van der Waals surface area (Å²) in [6.45, 7) is 3.82. The number of benzene rings is 1. The number of thioether (sulfide) groups is 1. The van der Waals surface area contributed by atoms with Gasteiger partial charge in [0.05, 0.1) is 4.92 Å². The highest BCUT2D eigenvalue weighted by atomic mass is 32.2. The maximum absolute atomic E-state index is 11.6. The summed E-state index contributed by atoms with van der Waals surface area (Å²) >= 11 is 0.720. The molecule has 0 spiro atoms. The van der Waals surface area contributed by atoms with Gasteiger partial charge in [0.15, 0.2) is 0 Å². The lowest BCUT2D eigenvalue weighted by molar-refractivity contribution is -0.387. The molecular weight excluding hydrogens is 266 g/mol. The maximum Gasteiger partial charge on any atom is 0.286 e. The summed E-state index contributed by atoms with van der Waals surface area (Å²) in [6, 6.07) is 4.26. The van der Waals surface area contributed by atoms with Gasteiger partial charge >= 0.3 is 0 Å². The highest BCUT2D eigenvalue weighted by Gasteiger charge is 2.16. The van der Waals surface area contributed by atoms with Crippen LogP contribution >= 0.6 is 11.8 Å². The third-order valence-electron chi connectivity index (χ3n) is 2.19. The van der Waals surface area contributed by atoms with Crippen LogP contribution in [0.25, 0.3) is 0 Å². The fourth-order valence-electron chi connectivity index (χ4n) is 1.46. The molecule has 0 fully saturated rings. The highest BCUT2D eigenvalue weighted by Crippen LogP contribution is 2.31.